The Morgan fingerprint density at radius 2 is 1.96 bits per heavy atom. The number of rotatable bonds is 6. The molecule has 3 unspecified atom stereocenters. The third kappa shape index (κ3) is 4.47. The number of aliphatic hydroxyl groups is 1. The minimum Gasteiger partial charge on any atom is -0.491 e. The molecule has 2 heterocycles. The van der Waals surface area contributed by atoms with Gasteiger partial charge in [-0.3, -0.25) is 14.6 Å². The number of β-amino-alcohol motifs (C(OH)–C–C–N with tert-alkyl or cyclic N) is 1. The van der Waals surface area contributed by atoms with Crippen molar-refractivity contribution in [3.05, 3.63) is 30.3 Å². The van der Waals surface area contributed by atoms with E-state index < -0.39 is 6.10 Å². The average Bonchev–Trinajstić information content (AvgIpc) is 2.93. The van der Waals surface area contributed by atoms with Gasteiger partial charge in [-0.05, 0) is 19.1 Å². The third-order valence-corrected chi connectivity index (χ3v) is 4.65. The first-order valence-electron chi connectivity index (χ1n) is 8.64. The summed E-state index contributed by atoms with van der Waals surface area (Å²) in [5.41, 5.74) is 0. The van der Waals surface area contributed by atoms with Gasteiger partial charge in [0.05, 0.1) is 0 Å². The van der Waals surface area contributed by atoms with E-state index in [1.54, 1.807) is 0 Å². The van der Waals surface area contributed by atoms with Crippen LogP contribution in [0.25, 0.3) is 0 Å². The highest BCUT2D eigenvalue weighted by atomic mass is 16.6. The molecule has 0 radical (unpaired) electrons. The van der Waals surface area contributed by atoms with Crippen LogP contribution in [0.15, 0.2) is 30.3 Å². The maximum absolute atomic E-state index is 11.8. The van der Waals surface area contributed by atoms with E-state index in [1.165, 1.54) is 0 Å². The second kappa shape index (κ2) is 7.96. The summed E-state index contributed by atoms with van der Waals surface area (Å²) in [6, 6.07) is 9.43. The molecule has 0 saturated carbocycles. The fraction of sp³-hybridized carbons (Fsp3) is 0.611. The Labute approximate surface area is 143 Å². The van der Waals surface area contributed by atoms with E-state index in [2.05, 4.69) is 9.80 Å². The van der Waals surface area contributed by atoms with Gasteiger partial charge in [-0.2, -0.15) is 0 Å². The van der Waals surface area contributed by atoms with Gasteiger partial charge in [0.1, 0.15) is 30.6 Å². The van der Waals surface area contributed by atoms with Crippen LogP contribution in [0.1, 0.15) is 13.3 Å². The number of carbonyl (C=O) groups is 1. The molecule has 1 aromatic rings. The molecular formula is C18H26N2O4. The Morgan fingerprint density at radius 3 is 2.58 bits per heavy atom. The molecule has 24 heavy (non-hydrogen) atoms. The zero-order chi connectivity index (χ0) is 16.9. The van der Waals surface area contributed by atoms with E-state index in [0.717, 1.165) is 38.3 Å². The number of benzene rings is 1. The lowest BCUT2D eigenvalue weighted by molar-refractivity contribution is -0.145. The molecule has 0 aliphatic carbocycles. The van der Waals surface area contributed by atoms with Gasteiger partial charge in [0.25, 0.3) is 0 Å². The molecule has 0 bridgehead atoms. The molecule has 2 aliphatic rings. The van der Waals surface area contributed by atoms with Gasteiger partial charge in [-0.25, -0.2) is 0 Å². The molecular weight excluding hydrogens is 308 g/mol. The summed E-state index contributed by atoms with van der Waals surface area (Å²) in [7, 11) is 0. The minimum absolute atomic E-state index is 0.0255. The standard InChI is InChI=1S/C18H26N2O4/c1-14-11-17(18(22)24-14)20-9-7-19(8-10-20)12-15(21)13-23-16-5-3-2-4-6-16/h2-6,14-15,17,21H,7-13H2,1H3. The second-order valence-corrected chi connectivity index (χ2v) is 6.61. The molecule has 6 heteroatoms. The van der Waals surface area contributed by atoms with Crippen molar-refractivity contribution in [2.45, 2.75) is 31.6 Å². The summed E-state index contributed by atoms with van der Waals surface area (Å²) in [4.78, 5) is 16.3. The van der Waals surface area contributed by atoms with Crippen molar-refractivity contribution < 1.29 is 19.4 Å². The van der Waals surface area contributed by atoms with Crippen molar-refractivity contribution in [2.75, 3.05) is 39.3 Å². The lowest BCUT2D eigenvalue weighted by Gasteiger charge is -2.37. The highest BCUT2D eigenvalue weighted by molar-refractivity contribution is 5.78. The number of para-hydroxylation sites is 1. The van der Waals surface area contributed by atoms with E-state index in [-0.39, 0.29) is 24.7 Å². The number of cyclic esters (lactones) is 1. The van der Waals surface area contributed by atoms with Crippen LogP contribution < -0.4 is 4.74 Å². The van der Waals surface area contributed by atoms with Crippen LogP contribution in [0.5, 0.6) is 5.75 Å². The topological polar surface area (TPSA) is 62.2 Å². The molecule has 0 amide bonds. The summed E-state index contributed by atoms with van der Waals surface area (Å²) in [5.74, 6) is 0.683. The van der Waals surface area contributed by atoms with Crippen molar-refractivity contribution in [3.63, 3.8) is 0 Å². The van der Waals surface area contributed by atoms with E-state index >= 15 is 0 Å². The van der Waals surface area contributed by atoms with Gasteiger partial charge in [-0.1, -0.05) is 18.2 Å². The molecule has 2 aliphatic heterocycles. The molecule has 2 fully saturated rings. The molecule has 3 rings (SSSR count). The lowest BCUT2D eigenvalue weighted by atomic mass is 10.1. The Morgan fingerprint density at radius 1 is 1.25 bits per heavy atom. The summed E-state index contributed by atoms with van der Waals surface area (Å²) < 4.78 is 10.8. The van der Waals surface area contributed by atoms with Crippen LogP contribution in [0.3, 0.4) is 0 Å². The first-order valence-corrected chi connectivity index (χ1v) is 8.64. The normalized spacial score (nSPS) is 27.0. The Balaban J connectivity index is 1.38. The molecule has 6 nitrogen and oxygen atoms in total. The minimum atomic E-state index is -0.520. The number of nitrogens with zero attached hydrogens (tertiary/aromatic N) is 2. The average molecular weight is 334 g/mol. The Kier molecular flexibility index (Phi) is 5.71. The van der Waals surface area contributed by atoms with Crippen molar-refractivity contribution in [3.8, 4) is 5.75 Å². The summed E-state index contributed by atoms with van der Waals surface area (Å²) in [6.45, 7) is 6.18. The molecule has 0 aromatic heterocycles. The first kappa shape index (κ1) is 17.2. The van der Waals surface area contributed by atoms with Gasteiger partial charge in [0.15, 0.2) is 0 Å². The number of hydrogen-bond donors (Lipinski definition) is 1. The smallest absolute Gasteiger partial charge is 0.323 e. The van der Waals surface area contributed by atoms with Crippen molar-refractivity contribution in [2.24, 2.45) is 0 Å². The molecule has 0 spiro atoms. The largest absolute Gasteiger partial charge is 0.491 e. The molecule has 1 aromatic carbocycles. The summed E-state index contributed by atoms with van der Waals surface area (Å²) in [6.07, 6.45) is 0.289. The van der Waals surface area contributed by atoms with Crippen molar-refractivity contribution >= 4 is 5.97 Å². The third-order valence-electron chi connectivity index (χ3n) is 4.65. The van der Waals surface area contributed by atoms with E-state index in [9.17, 15) is 9.90 Å². The molecule has 132 valence electrons. The summed E-state index contributed by atoms with van der Waals surface area (Å²) >= 11 is 0. The van der Waals surface area contributed by atoms with Crippen LogP contribution in [0, 0.1) is 0 Å². The van der Waals surface area contributed by atoms with E-state index in [1.807, 2.05) is 37.3 Å². The Bertz CT molecular complexity index is 531. The zero-order valence-electron chi connectivity index (χ0n) is 14.1. The SMILES string of the molecule is CC1CC(N2CCN(CC(O)COc3ccccc3)CC2)C(=O)O1. The fourth-order valence-electron chi connectivity index (χ4n) is 3.35. The Hall–Kier alpha value is -1.63. The molecule has 3 atom stereocenters. The van der Waals surface area contributed by atoms with Gasteiger partial charge in [0, 0.05) is 39.1 Å². The van der Waals surface area contributed by atoms with Gasteiger partial charge < -0.3 is 14.6 Å². The lowest BCUT2D eigenvalue weighted by Crippen LogP contribution is -2.53. The van der Waals surface area contributed by atoms with Crippen LogP contribution in [0.4, 0.5) is 0 Å². The van der Waals surface area contributed by atoms with Crippen LogP contribution in [-0.2, 0) is 9.53 Å². The molecule has 2 saturated heterocycles. The number of piperazine rings is 1. The van der Waals surface area contributed by atoms with Gasteiger partial charge in [-0.15, -0.1) is 0 Å². The van der Waals surface area contributed by atoms with Gasteiger partial charge in [0.2, 0.25) is 0 Å². The van der Waals surface area contributed by atoms with Crippen LogP contribution >= 0.6 is 0 Å². The summed E-state index contributed by atoms with van der Waals surface area (Å²) in [5, 5.41) is 10.2. The maximum atomic E-state index is 11.8. The van der Waals surface area contributed by atoms with Crippen molar-refractivity contribution in [1.29, 1.82) is 0 Å². The number of aliphatic hydroxyl groups excluding tert-OH is 1. The maximum Gasteiger partial charge on any atom is 0.323 e. The predicted molar refractivity (Wildman–Crippen MR) is 89.9 cm³/mol. The van der Waals surface area contributed by atoms with Crippen LogP contribution in [0.2, 0.25) is 0 Å². The van der Waals surface area contributed by atoms with Crippen LogP contribution in [-0.4, -0.2) is 78.5 Å². The number of esters is 1. The molecule has 1 N–H and O–H groups in total. The first-order chi connectivity index (χ1) is 11.6. The van der Waals surface area contributed by atoms with Crippen molar-refractivity contribution in [1.82, 2.24) is 9.80 Å². The zero-order valence-corrected chi connectivity index (χ0v) is 14.1. The fourth-order valence-corrected chi connectivity index (χ4v) is 3.35. The highest BCUT2D eigenvalue weighted by Gasteiger charge is 2.37. The second-order valence-electron chi connectivity index (χ2n) is 6.61. The monoisotopic (exact) mass is 334 g/mol. The number of hydrogen-bond acceptors (Lipinski definition) is 6. The van der Waals surface area contributed by atoms with E-state index in [0.29, 0.717) is 6.54 Å². The quantitative estimate of drug-likeness (QED) is 0.775. The predicted octanol–water partition coefficient (Wildman–Crippen LogP) is 0.748. The van der Waals surface area contributed by atoms with E-state index in [4.69, 9.17) is 9.47 Å². The number of ether oxygens (including phenoxy) is 2. The highest BCUT2D eigenvalue weighted by Crippen LogP contribution is 2.21. The number of carbonyl (C=O) groups excluding carboxylic acids is 1. The van der Waals surface area contributed by atoms with Gasteiger partial charge >= 0.3 is 5.97 Å².